The van der Waals surface area contributed by atoms with Crippen molar-refractivity contribution in [3.8, 4) is 0 Å². The van der Waals surface area contributed by atoms with Crippen molar-refractivity contribution >= 4 is 15.9 Å². The zero-order valence-corrected chi connectivity index (χ0v) is 11.3. The van der Waals surface area contributed by atoms with Gasteiger partial charge in [-0.25, -0.2) is 4.39 Å². The van der Waals surface area contributed by atoms with Crippen LogP contribution in [0.4, 0.5) is 17.6 Å². The quantitative estimate of drug-likeness (QED) is 0.438. The molecule has 0 bridgehead atoms. The van der Waals surface area contributed by atoms with Crippen LogP contribution in [-0.2, 0) is 4.74 Å². The fourth-order valence-corrected chi connectivity index (χ4v) is 1.88. The van der Waals surface area contributed by atoms with Crippen LogP contribution in [0.2, 0.25) is 0 Å². The molecule has 18 heavy (non-hydrogen) atoms. The van der Waals surface area contributed by atoms with Crippen molar-refractivity contribution in [1.29, 1.82) is 0 Å². The Morgan fingerprint density at radius 2 is 2.00 bits per heavy atom. The summed E-state index contributed by atoms with van der Waals surface area (Å²) in [6, 6.07) is 4.61. The monoisotopic (exact) mass is 328 g/mol. The molecule has 1 aromatic carbocycles. The van der Waals surface area contributed by atoms with Crippen LogP contribution in [0.1, 0.15) is 22.4 Å². The van der Waals surface area contributed by atoms with Crippen molar-refractivity contribution in [3.63, 3.8) is 0 Å². The molecule has 6 heteroatoms. The van der Waals surface area contributed by atoms with Gasteiger partial charge in [0.15, 0.2) is 0 Å². The Labute approximate surface area is 111 Å². The van der Waals surface area contributed by atoms with E-state index in [1.807, 2.05) is 0 Å². The van der Waals surface area contributed by atoms with Crippen LogP contribution in [-0.4, -0.2) is 19.4 Å². The zero-order chi connectivity index (χ0) is 13.8. The van der Waals surface area contributed by atoms with Crippen LogP contribution in [0, 0.1) is 12.7 Å². The standard InChI is InChI=1S/C12H13BrF4O/c1-8-6-9(2-3-11(8)14)10(13)4-5-18-7-12(15,16)17/h2-3,6,10H,4-5,7H2,1H3. The van der Waals surface area contributed by atoms with Gasteiger partial charge in [-0.05, 0) is 30.5 Å². The first-order valence-corrected chi connectivity index (χ1v) is 6.26. The molecule has 1 aromatic rings. The predicted molar refractivity (Wildman–Crippen MR) is 64.3 cm³/mol. The highest BCUT2D eigenvalue weighted by atomic mass is 79.9. The Morgan fingerprint density at radius 1 is 1.33 bits per heavy atom. The van der Waals surface area contributed by atoms with Gasteiger partial charge in [0.1, 0.15) is 12.4 Å². The van der Waals surface area contributed by atoms with Crippen LogP contribution in [0.15, 0.2) is 18.2 Å². The van der Waals surface area contributed by atoms with E-state index in [0.29, 0.717) is 12.0 Å². The molecular formula is C12H13BrF4O. The van der Waals surface area contributed by atoms with Gasteiger partial charge in [0.05, 0.1) is 0 Å². The van der Waals surface area contributed by atoms with Crippen molar-refractivity contribution in [1.82, 2.24) is 0 Å². The minimum absolute atomic E-state index is 0.00808. The van der Waals surface area contributed by atoms with E-state index < -0.39 is 12.8 Å². The lowest BCUT2D eigenvalue weighted by Gasteiger charge is -2.12. The average molecular weight is 329 g/mol. The van der Waals surface area contributed by atoms with Crippen LogP contribution >= 0.6 is 15.9 Å². The molecule has 1 rings (SSSR count). The molecule has 0 aliphatic carbocycles. The average Bonchev–Trinajstić information content (AvgIpc) is 2.26. The van der Waals surface area contributed by atoms with E-state index in [2.05, 4.69) is 20.7 Å². The van der Waals surface area contributed by atoms with Crippen LogP contribution in [0.25, 0.3) is 0 Å². The molecule has 0 amide bonds. The first-order chi connectivity index (χ1) is 8.29. The molecule has 0 spiro atoms. The van der Waals surface area contributed by atoms with Gasteiger partial charge in [-0.1, -0.05) is 28.1 Å². The lowest BCUT2D eigenvalue weighted by atomic mass is 10.1. The fraction of sp³-hybridized carbons (Fsp3) is 0.500. The number of halogens is 5. The molecule has 0 saturated carbocycles. The van der Waals surface area contributed by atoms with Gasteiger partial charge in [0.25, 0.3) is 0 Å². The van der Waals surface area contributed by atoms with Crippen molar-refractivity contribution in [3.05, 3.63) is 35.1 Å². The molecule has 1 atom stereocenters. The van der Waals surface area contributed by atoms with E-state index in [4.69, 9.17) is 0 Å². The molecule has 1 nitrogen and oxygen atoms in total. The number of hydrogen-bond acceptors (Lipinski definition) is 1. The highest BCUT2D eigenvalue weighted by Gasteiger charge is 2.27. The summed E-state index contributed by atoms with van der Waals surface area (Å²) in [4.78, 5) is -0.148. The number of alkyl halides is 4. The van der Waals surface area contributed by atoms with Gasteiger partial charge in [-0.2, -0.15) is 13.2 Å². The molecule has 0 saturated heterocycles. The summed E-state index contributed by atoms with van der Waals surface area (Å²) in [6.45, 7) is 0.389. The molecule has 1 unspecified atom stereocenters. The maximum Gasteiger partial charge on any atom is 0.411 e. The molecular weight excluding hydrogens is 316 g/mol. The van der Waals surface area contributed by atoms with Crippen LogP contribution in [0.5, 0.6) is 0 Å². The van der Waals surface area contributed by atoms with Gasteiger partial charge in [0, 0.05) is 11.4 Å². The Bertz CT molecular complexity index is 392. The smallest absolute Gasteiger partial charge is 0.372 e. The third-order valence-corrected chi connectivity index (χ3v) is 3.31. The number of ether oxygens (including phenoxy) is 1. The Kier molecular flexibility index (Phi) is 5.59. The predicted octanol–water partition coefficient (Wildman–Crippen LogP) is 4.54. The summed E-state index contributed by atoms with van der Waals surface area (Å²) in [6.07, 6.45) is -3.91. The van der Waals surface area contributed by atoms with E-state index in [1.165, 1.54) is 6.07 Å². The third-order valence-electron chi connectivity index (χ3n) is 2.33. The molecule has 0 aliphatic rings. The third kappa shape index (κ3) is 5.35. The summed E-state index contributed by atoms with van der Waals surface area (Å²) in [5.41, 5.74) is 1.33. The second-order valence-corrected chi connectivity index (χ2v) is 5.04. The molecule has 0 radical (unpaired) electrons. The second kappa shape index (κ2) is 6.52. The Balaban J connectivity index is 2.41. The zero-order valence-electron chi connectivity index (χ0n) is 9.73. The van der Waals surface area contributed by atoms with E-state index in [9.17, 15) is 17.6 Å². The largest absolute Gasteiger partial charge is 0.411 e. The summed E-state index contributed by atoms with van der Waals surface area (Å²) in [5, 5.41) is 0. The Morgan fingerprint density at radius 3 is 2.56 bits per heavy atom. The summed E-state index contributed by atoms with van der Waals surface area (Å²) in [5.74, 6) is -0.299. The second-order valence-electron chi connectivity index (χ2n) is 3.93. The molecule has 0 fully saturated rings. The molecule has 102 valence electrons. The fourth-order valence-electron chi connectivity index (χ4n) is 1.40. The van der Waals surface area contributed by atoms with E-state index in [0.717, 1.165) is 5.56 Å². The highest BCUT2D eigenvalue weighted by Crippen LogP contribution is 2.28. The van der Waals surface area contributed by atoms with Crippen molar-refractivity contribution in [2.75, 3.05) is 13.2 Å². The minimum Gasteiger partial charge on any atom is -0.372 e. The van der Waals surface area contributed by atoms with Gasteiger partial charge >= 0.3 is 6.18 Å². The van der Waals surface area contributed by atoms with E-state index >= 15 is 0 Å². The van der Waals surface area contributed by atoms with Gasteiger partial charge < -0.3 is 4.74 Å². The summed E-state index contributed by atoms with van der Waals surface area (Å²) < 4.78 is 53.0. The molecule has 0 aliphatic heterocycles. The molecule has 0 aromatic heterocycles. The van der Waals surface area contributed by atoms with Gasteiger partial charge in [0.2, 0.25) is 0 Å². The van der Waals surface area contributed by atoms with Crippen molar-refractivity contribution in [2.24, 2.45) is 0 Å². The minimum atomic E-state index is -4.30. The van der Waals surface area contributed by atoms with Crippen LogP contribution in [0.3, 0.4) is 0 Å². The molecule has 0 heterocycles. The first-order valence-electron chi connectivity index (χ1n) is 5.34. The van der Waals surface area contributed by atoms with Gasteiger partial charge in [-0.3, -0.25) is 0 Å². The topological polar surface area (TPSA) is 9.23 Å². The van der Waals surface area contributed by atoms with E-state index in [1.54, 1.807) is 19.1 Å². The molecule has 0 N–H and O–H groups in total. The first kappa shape index (κ1) is 15.4. The van der Waals surface area contributed by atoms with Gasteiger partial charge in [-0.15, -0.1) is 0 Å². The number of rotatable bonds is 5. The van der Waals surface area contributed by atoms with E-state index in [-0.39, 0.29) is 17.3 Å². The highest BCUT2D eigenvalue weighted by molar-refractivity contribution is 9.09. The normalized spacial score (nSPS) is 13.7. The van der Waals surface area contributed by atoms with Crippen molar-refractivity contribution in [2.45, 2.75) is 24.3 Å². The lowest BCUT2D eigenvalue weighted by Crippen LogP contribution is -2.17. The van der Waals surface area contributed by atoms with Crippen LogP contribution < -0.4 is 0 Å². The number of aryl methyl sites for hydroxylation is 1. The SMILES string of the molecule is Cc1cc(C(Br)CCOCC(F)(F)F)ccc1F. The number of hydrogen-bond donors (Lipinski definition) is 0. The summed E-state index contributed by atoms with van der Waals surface area (Å²) >= 11 is 3.34. The maximum absolute atomic E-state index is 13.0. The summed E-state index contributed by atoms with van der Waals surface area (Å²) in [7, 11) is 0. The lowest BCUT2D eigenvalue weighted by molar-refractivity contribution is -0.174. The van der Waals surface area contributed by atoms with Crippen molar-refractivity contribution < 1.29 is 22.3 Å². The maximum atomic E-state index is 13.0. The number of benzene rings is 1. The Hall–Kier alpha value is -0.620.